The third-order valence-corrected chi connectivity index (χ3v) is 22.1. The molecule has 6 aromatic carbocycles. The Morgan fingerprint density at radius 2 is 0.835 bits per heavy atom. The van der Waals surface area contributed by atoms with E-state index in [-0.39, 0.29) is 48.5 Å². The number of piperazine rings is 2. The van der Waals surface area contributed by atoms with Crippen LogP contribution >= 0.6 is 0 Å². The zero-order chi connectivity index (χ0) is 84.2. The van der Waals surface area contributed by atoms with E-state index in [0.29, 0.717) is 163 Å². The Labute approximate surface area is 704 Å². The van der Waals surface area contributed by atoms with E-state index in [9.17, 15) is 35.3 Å². The second-order valence-electron chi connectivity index (χ2n) is 31.5. The molecule has 0 unspecified atom stereocenters. The number of benzene rings is 6. The molecule has 0 atom stereocenters. The van der Waals surface area contributed by atoms with Crippen LogP contribution in [0.5, 0.6) is 17.2 Å². The van der Waals surface area contributed by atoms with Gasteiger partial charge < -0.3 is 74.4 Å². The molecule has 7 saturated heterocycles. The number of aromatic nitrogens is 6. The molecule has 7 aliphatic heterocycles. The topological polar surface area (TPSA) is 367 Å². The summed E-state index contributed by atoms with van der Waals surface area (Å²) in [5.74, 6) is 4.44. The first-order valence-electron chi connectivity index (χ1n) is 41.3. The van der Waals surface area contributed by atoms with Crippen LogP contribution in [0, 0.1) is 45.3 Å². The monoisotopic (exact) mass is 1630 g/mol. The normalized spacial score (nSPS) is 16.9. The zero-order valence-corrected chi connectivity index (χ0v) is 68.5. The minimum Gasteiger partial charge on any atom is -0.489 e. The number of carbonyl (C=O) groups is 3. The number of hydrogen-bond donors (Lipinski definition) is 5. The predicted molar refractivity (Wildman–Crippen MR) is 457 cm³/mol. The molecule has 30 heteroatoms. The van der Waals surface area contributed by atoms with Crippen molar-refractivity contribution in [1.29, 1.82) is 21.0 Å². The van der Waals surface area contributed by atoms with E-state index in [2.05, 4.69) is 128 Å². The van der Waals surface area contributed by atoms with Gasteiger partial charge in [0.1, 0.15) is 83.2 Å². The average molecular weight is 1630 g/mol. The van der Waals surface area contributed by atoms with Gasteiger partial charge in [-0.2, -0.15) is 21.0 Å². The van der Waals surface area contributed by atoms with E-state index in [4.69, 9.17) is 43.7 Å². The molecule has 0 saturated carbocycles. The SMILES string of the molecule is CC(C)(O)C(=O)N1CCC(Oc2ccc(-c3nccc(Nc4ccc(N5CCN(C6COC6)CC5)cc4)n3)cc2C#N)CC1.CC(C)NC(=O)c1ccc(Nc2ccnc(-c3ccc(OC4CCOCC4)c(C#N)c3)n2)cc1.N#CCC(=O)N1CCC(Oc2ccc(-c3nccc(Nc4ccc(N5CCN(C6COC6)CC5)cc4)n3)cc2C#N)CC1. The molecule has 0 bridgehead atoms. The number of ether oxygens (including phenoxy) is 6. The zero-order valence-electron chi connectivity index (χ0n) is 68.5. The molecule has 5 N–H and O–H groups in total. The molecule has 30 nitrogen and oxygen atoms in total. The summed E-state index contributed by atoms with van der Waals surface area (Å²) in [6, 6.07) is 55.4. The number of likely N-dealkylation sites (tertiary alicyclic amines) is 2. The smallest absolute Gasteiger partial charge is 0.253 e. The van der Waals surface area contributed by atoms with Crippen molar-refractivity contribution in [2.45, 2.75) is 115 Å². The highest BCUT2D eigenvalue weighted by atomic mass is 16.5. The quantitative estimate of drug-likeness (QED) is 0.0397. The van der Waals surface area contributed by atoms with Gasteiger partial charge in [-0.05, 0) is 173 Å². The van der Waals surface area contributed by atoms with Gasteiger partial charge in [-0.1, -0.05) is 0 Å². The van der Waals surface area contributed by atoms with Gasteiger partial charge in [0.15, 0.2) is 17.5 Å². The second-order valence-corrected chi connectivity index (χ2v) is 31.5. The van der Waals surface area contributed by atoms with Crippen LogP contribution in [0.3, 0.4) is 0 Å². The first kappa shape index (κ1) is 84.5. The van der Waals surface area contributed by atoms with E-state index in [1.165, 1.54) is 25.2 Å². The number of nitriles is 4. The number of nitrogens with one attached hydrogen (secondary N) is 4. The summed E-state index contributed by atoms with van der Waals surface area (Å²) in [7, 11) is 0. The third-order valence-electron chi connectivity index (χ3n) is 22.1. The summed E-state index contributed by atoms with van der Waals surface area (Å²) in [4.78, 5) is 76.9. The highest BCUT2D eigenvalue weighted by Gasteiger charge is 2.35. The second kappa shape index (κ2) is 40.2. The molecule has 7 fully saturated rings. The van der Waals surface area contributed by atoms with Gasteiger partial charge >= 0.3 is 0 Å². The minimum atomic E-state index is -1.39. The number of nitrogens with zero attached hydrogens (tertiary/aromatic N) is 16. The Morgan fingerprint density at radius 1 is 0.471 bits per heavy atom. The highest BCUT2D eigenvalue weighted by Crippen LogP contribution is 2.34. The summed E-state index contributed by atoms with van der Waals surface area (Å²) in [5.41, 5.74) is 7.68. The van der Waals surface area contributed by atoms with Gasteiger partial charge in [-0.3, -0.25) is 24.2 Å². The summed E-state index contributed by atoms with van der Waals surface area (Å²) in [5, 5.41) is 61.0. The molecule has 10 heterocycles. The largest absolute Gasteiger partial charge is 0.489 e. The summed E-state index contributed by atoms with van der Waals surface area (Å²) in [6.45, 7) is 22.0. The fraction of sp³-hybridized carbons (Fsp3) is 0.396. The van der Waals surface area contributed by atoms with E-state index < -0.39 is 5.60 Å². The van der Waals surface area contributed by atoms with Crippen LogP contribution < -0.4 is 45.3 Å². The van der Waals surface area contributed by atoms with Crippen molar-refractivity contribution in [3.63, 3.8) is 0 Å². The average Bonchev–Trinajstić information content (AvgIpc) is 0.832. The maximum Gasteiger partial charge on any atom is 0.253 e. The Hall–Kier alpha value is -12.9. The lowest BCUT2D eigenvalue weighted by atomic mass is 10.0. The first-order chi connectivity index (χ1) is 58.9. The maximum absolute atomic E-state index is 12.4. The van der Waals surface area contributed by atoms with Gasteiger partial charge in [0.05, 0.1) is 74.5 Å². The van der Waals surface area contributed by atoms with Crippen molar-refractivity contribution in [2.24, 2.45) is 0 Å². The van der Waals surface area contributed by atoms with Gasteiger partial charge in [0.25, 0.3) is 11.8 Å². The molecular formula is C91H100N20O10. The molecule has 0 spiro atoms. The summed E-state index contributed by atoms with van der Waals surface area (Å²) < 4.78 is 34.4. The Morgan fingerprint density at radius 3 is 1.17 bits per heavy atom. The Kier molecular flexibility index (Phi) is 28.1. The number of rotatable bonds is 23. The van der Waals surface area contributed by atoms with Crippen molar-refractivity contribution in [2.75, 3.05) is 144 Å². The highest BCUT2D eigenvalue weighted by molar-refractivity contribution is 5.94. The van der Waals surface area contributed by atoms with Gasteiger partial charge in [0.2, 0.25) is 5.91 Å². The van der Waals surface area contributed by atoms with Crippen LogP contribution in [0.4, 0.5) is 45.9 Å². The van der Waals surface area contributed by atoms with Gasteiger partial charge in [0, 0.05) is 192 Å². The van der Waals surface area contributed by atoms with Crippen LogP contribution in [-0.4, -0.2) is 233 Å². The molecule has 0 radical (unpaired) electrons. The Bertz CT molecular complexity index is 5220. The molecule has 16 rings (SSSR count). The van der Waals surface area contributed by atoms with Crippen LogP contribution in [0.1, 0.15) is 99.7 Å². The van der Waals surface area contributed by atoms with Crippen molar-refractivity contribution in [1.82, 2.24) is 54.8 Å². The van der Waals surface area contributed by atoms with Crippen LogP contribution in [0.2, 0.25) is 0 Å². The number of carbonyl (C=O) groups excluding carboxylic acids is 3. The molecule has 3 amide bonds. The lowest BCUT2D eigenvalue weighted by Gasteiger charge is -2.43. The van der Waals surface area contributed by atoms with Crippen molar-refractivity contribution >= 4 is 63.6 Å². The number of aliphatic hydroxyl groups is 1. The fourth-order valence-corrected chi connectivity index (χ4v) is 15.1. The molecule has 624 valence electrons. The number of hydrogen-bond acceptors (Lipinski definition) is 27. The minimum absolute atomic E-state index is 0.0540. The van der Waals surface area contributed by atoms with Gasteiger partial charge in [-0.15, -0.1) is 0 Å². The van der Waals surface area contributed by atoms with Crippen LogP contribution in [0.25, 0.3) is 34.2 Å². The van der Waals surface area contributed by atoms with E-state index in [0.717, 1.165) is 114 Å². The lowest BCUT2D eigenvalue weighted by molar-refractivity contribution is -0.149. The molecule has 9 aromatic rings. The van der Waals surface area contributed by atoms with Crippen molar-refractivity contribution < 1.29 is 47.9 Å². The number of amides is 3. The molecule has 7 aliphatic rings. The standard InChI is InChI=1S/C33H39N7O4.C32H34N8O3.C26H27N5O3/c1-33(2,42)32(41)40-13-10-28(11-14-40)44-29-8-3-23(19-24(29)20-34)31-35-12-9-30(37-31)36-25-4-6-26(7-5-25)38-15-17-39(18-16-38)27-21-43-22-27;33-11-7-31(41)40-13-9-28(10-14-40)43-29-6-1-23(19-24(29)20-34)32-35-12-8-30(37-32)36-25-2-4-26(5-3-25)38-15-17-39(18-16-38)27-21-42-22-27;1-17(2)29-26(32)18-3-6-21(7-4-18)30-24-9-12-28-25(31-24)19-5-8-23(20(15-19)16-27)34-22-10-13-33-14-11-22/h3-9,12,19,27-28,42H,10-11,13-18,21-22H2,1-2H3,(H,35,36,37);1-6,8,12,19,27-28H,7,9-10,13-18,21-22H2,(H,35,36,37);3-9,12,15,17,22H,10-11,13-14H2,1-2H3,(H,29,32)(H,28,30,31). The van der Waals surface area contributed by atoms with Crippen LogP contribution in [0.15, 0.2) is 164 Å². The molecule has 121 heavy (non-hydrogen) atoms. The Balaban J connectivity index is 0.000000150. The van der Waals surface area contributed by atoms with E-state index in [1.54, 1.807) is 83.0 Å². The lowest BCUT2D eigenvalue weighted by Crippen LogP contribution is -2.56. The maximum atomic E-state index is 12.4. The van der Waals surface area contributed by atoms with Crippen molar-refractivity contribution in [3.8, 4) is 75.7 Å². The third kappa shape index (κ3) is 22.5. The fourth-order valence-electron chi connectivity index (χ4n) is 15.1. The molecule has 3 aromatic heterocycles. The summed E-state index contributed by atoms with van der Waals surface area (Å²) in [6.07, 6.45) is 8.94. The van der Waals surface area contributed by atoms with Crippen LogP contribution in [-0.2, 0) is 23.8 Å². The van der Waals surface area contributed by atoms with E-state index in [1.807, 2.05) is 62.4 Å². The predicted octanol–water partition coefficient (Wildman–Crippen LogP) is 11.4. The van der Waals surface area contributed by atoms with Gasteiger partial charge in [-0.25, -0.2) is 29.9 Å². The molecular weight excluding hydrogens is 1530 g/mol. The molecule has 0 aliphatic carbocycles. The van der Waals surface area contributed by atoms with Crippen molar-refractivity contribution in [3.05, 3.63) is 186 Å². The number of piperidine rings is 2. The first-order valence-corrected chi connectivity index (χ1v) is 41.3. The summed E-state index contributed by atoms with van der Waals surface area (Å²) >= 11 is 0. The number of anilines is 8. The van der Waals surface area contributed by atoms with E-state index >= 15 is 0 Å².